The molecule has 4 aromatic rings. The molecule has 0 N–H and O–H groups in total. The third kappa shape index (κ3) is 4.33. The lowest BCUT2D eigenvalue weighted by molar-refractivity contribution is 0.250. The van der Waals surface area contributed by atoms with E-state index in [-0.39, 0.29) is 0 Å². The van der Waals surface area contributed by atoms with Gasteiger partial charge in [-0.15, -0.1) is 0 Å². The van der Waals surface area contributed by atoms with Gasteiger partial charge in [0.1, 0.15) is 5.82 Å². The van der Waals surface area contributed by atoms with Gasteiger partial charge in [-0.3, -0.25) is 4.90 Å². The maximum Gasteiger partial charge on any atom is 0.268 e. The fourth-order valence-corrected chi connectivity index (χ4v) is 5.99. The highest BCUT2D eigenvalue weighted by Crippen LogP contribution is 2.28. The van der Waals surface area contributed by atoms with Crippen molar-refractivity contribution in [2.24, 2.45) is 0 Å². The van der Waals surface area contributed by atoms with Crippen molar-refractivity contribution in [2.75, 3.05) is 31.1 Å². The number of piperazine rings is 1. The topological polar surface area (TPSA) is 58.4 Å². The Hall–Kier alpha value is -3.16. The zero-order chi connectivity index (χ0) is 23.7. The molecule has 2 aromatic carbocycles. The van der Waals surface area contributed by atoms with E-state index in [4.69, 9.17) is 0 Å². The number of anilines is 1. The minimum atomic E-state index is -3.69. The van der Waals surface area contributed by atoms with Gasteiger partial charge in [0.2, 0.25) is 0 Å². The summed E-state index contributed by atoms with van der Waals surface area (Å²) in [4.78, 5) is 9.46. The number of hydrogen-bond acceptors (Lipinski definition) is 5. The molecule has 1 aliphatic rings. The number of benzene rings is 2. The fourth-order valence-electron chi connectivity index (χ4n) is 4.60. The highest BCUT2D eigenvalue weighted by Gasteiger charge is 2.24. The molecule has 0 amide bonds. The summed E-state index contributed by atoms with van der Waals surface area (Å²) in [5, 5.41) is 0.983. The molecule has 3 heterocycles. The van der Waals surface area contributed by atoms with Crippen LogP contribution in [0.2, 0.25) is 0 Å². The molecular weight excluding hydrogens is 444 g/mol. The van der Waals surface area contributed by atoms with Crippen molar-refractivity contribution in [1.29, 1.82) is 0 Å². The predicted octanol–water partition coefficient (Wildman–Crippen LogP) is 4.72. The van der Waals surface area contributed by atoms with Gasteiger partial charge in [-0.25, -0.2) is 17.4 Å². The molecule has 0 bridgehead atoms. The van der Waals surface area contributed by atoms with E-state index in [1.165, 1.54) is 3.97 Å². The number of para-hydroxylation sites is 1. The molecule has 34 heavy (non-hydrogen) atoms. The predicted molar refractivity (Wildman–Crippen MR) is 137 cm³/mol. The van der Waals surface area contributed by atoms with E-state index in [0.717, 1.165) is 54.0 Å². The van der Waals surface area contributed by atoms with E-state index in [2.05, 4.69) is 28.6 Å². The first-order chi connectivity index (χ1) is 16.4. The first kappa shape index (κ1) is 22.6. The second-order valence-electron chi connectivity index (χ2n) is 9.15. The van der Waals surface area contributed by atoms with Crippen LogP contribution in [0, 0.1) is 0 Å². The molecule has 0 radical (unpaired) electrons. The number of rotatable bonds is 6. The summed E-state index contributed by atoms with van der Waals surface area (Å²) in [7, 11) is -3.69. The van der Waals surface area contributed by atoms with Crippen LogP contribution in [0.1, 0.15) is 30.9 Å². The first-order valence-electron chi connectivity index (χ1n) is 11.8. The molecule has 1 saturated heterocycles. The SMILES string of the molecule is CC(C)c1ccc(S(=O)(=O)n2cc(CN3CCN(c4ccccn4)CC3)c3ccccc32)cc1. The van der Waals surface area contributed by atoms with Crippen LogP contribution in [0.5, 0.6) is 0 Å². The van der Waals surface area contributed by atoms with Gasteiger partial charge in [0.15, 0.2) is 0 Å². The van der Waals surface area contributed by atoms with Crippen molar-refractivity contribution >= 4 is 26.7 Å². The molecular formula is C27H30N4O2S. The number of fused-ring (bicyclic) bond motifs is 1. The van der Waals surface area contributed by atoms with Gasteiger partial charge < -0.3 is 4.90 Å². The van der Waals surface area contributed by atoms with Gasteiger partial charge in [0, 0.05) is 50.5 Å². The molecule has 7 heteroatoms. The van der Waals surface area contributed by atoms with E-state index in [1.54, 1.807) is 12.1 Å². The number of nitrogens with zero attached hydrogens (tertiary/aromatic N) is 4. The van der Waals surface area contributed by atoms with Crippen molar-refractivity contribution in [3.8, 4) is 0 Å². The molecule has 0 spiro atoms. The van der Waals surface area contributed by atoms with Crippen LogP contribution in [-0.2, 0) is 16.6 Å². The van der Waals surface area contributed by atoms with E-state index in [0.29, 0.717) is 17.4 Å². The van der Waals surface area contributed by atoms with Crippen molar-refractivity contribution in [1.82, 2.24) is 13.9 Å². The maximum absolute atomic E-state index is 13.6. The largest absolute Gasteiger partial charge is 0.354 e. The third-order valence-electron chi connectivity index (χ3n) is 6.60. The lowest BCUT2D eigenvalue weighted by Crippen LogP contribution is -2.46. The van der Waals surface area contributed by atoms with Crippen LogP contribution in [-0.4, -0.2) is 48.5 Å². The lowest BCUT2D eigenvalue weighted by Gasteiger charge is -2.35. The highest BCUT2D eigenvalue weighted by atomic mass is 32.2. The van der Waals surface area contributed by atoms with E-state index < -0.39 is 10.0 Å². The van der Waals surface area contributed by atoms with Crippen LogP contribution >= 0.6 is 0 Å². The molecule has 0 atom stereocenters. The smallest absolute Gasteiger partial charge is 0.268 e. The summed E-state index contributed by atoms with van der Waals surface area (Å²) in [6.07, 6.45) is 3.63. The number of hydrogen-bond donors (Lipinski definition) is 0. The van der Waals surface area contributed by atoms with Gasteiger partial charge in [-0.2, -0.15) is 0 Å². The lowest BCUT2D eigenvalue weighted by atomic mass is 10.0. The number of aromatic nitrogens is 2. The Bertz CT molecular complexity index is 1370. The van der Waals surface area contributed by atoms with Crippen LogP contribution in [0.25, 0.3) is 10.9 Å². The van der Waals surface area contributed by atoms with Gasteiger partial charge >= 0.3 is 0 Å². The average molecular weight is 475 g/mol. The van der Waals surface area contributed by atoms with Crippen molar-refractivity contribution in [3.63, 3.8) is 0 Å². The Balaban J connectivity index is 1.40. The summed E-state index contributed by atoms with van der Waals surface area (Å²) in [5.41, 5.74) is 2.88. The molecule has 0 unspecified atom stereocenters. The summed E-state index contributed by atoms with van der Waals surface area (Å²) < 4.78 is 28.6. The molecule has 2 aromatic heterocycles. The Morgan fingerprint density at radius 1 is 0.882 bits per heavy atom. The zero-order valence-corrected chi connectivity index (χ0v) is 20.4. The minimum absolute atomic E-state index is 0.313. The zero-order valence-electron chi connectivity index (χ0n) is 19.6. The number of pyridine rings is 1. The van der Waals surface area contributed by atoms with Crippen LogP contribution in [0.4, 0.5) is 5.82 Å². The summed E-state index contributed by atoms with van der Waals surface area (Å²) in [5.74, 6) is 1.36. The molecule has 6 nitrogen and oxygen atoms in total. The monoisotopic (exact) mass is 474 g/mol. The Morgan fingerprint density at radius 3 is 2.26 bits per heavy atom. The van der Waals surface area contributed by atoms with Gasteiger partial charge in [-0.05, 0) is 47.4 Å². The molecule has 0 aliphatic carbocycles. The third-order valence-corrected chi connectivity index (χ3v) is 8.29. The Morgan fingerprint density at radius 2 is 1.59 bits per heavy atom. The fraction of sp³-hybridized carbons (Fsp3) is 0.296. The normalized spacial score (nSPS) is 15.3. The average Bonchev–Trinajstić information content (AvgIpc) is 3.24. The summed E-state index contributed by atoms with van der Waals surface area (Å²) in [6.45, 7) is 8.52. The maximum atomic E-state index is 13.6. The van der Waals surface area contributed by atoms with Gasteiger partial charge in [0.05, 0.1) is 10.4 Å². The van der Waals surface area contributed by atoms with E-state index in [9.17, 15) is 8.42 Å². The molecule has 176 valence electrons. The van der Waals surface area contributed by atoms with Crippen molar-refractivity contribution in [2.45, 2.75) is 31.2 Å². The Kier molecular flexibility index (Phi) is 6.15. The van der Waals surface area contributed by atoms with Crippen LogP contribution < -0.4 is 4.90 Å². The summed E-state index contributed by atoms with van der Waals surface area (Å²) in [6, 6.07) is 21.0. The van der Waals surface area contributed by atoms with Gasteiger partial charge in [0.25, 0.3) is 10.0 Å². The Labute approximate surface area is 201 Å². The first-order valence-corrected chi connectivity index (χ1v) is 13.2. The van der Waals surface area contributed by atoms with Crippen LogP contribution in [0.3, 0.4) is 0 Å². The van der Waals surface area contributed by atoms with Crippen molar-refractivity contribution < 1.29 is 8.42 Å². The quantitative estimate of drug-likeness (QED) is 0.405. The van der Waals surface area contributed by atoms with Gasteiger partial charge in [-0.1, -0.05) is 50.2 Å². The van der Waals surface area contributed by atoms with E-state index in [1.807, 2.05) is 67.0 Å². The highest BCUT2D eigenvalue weighted by molar-refractivity contribution is 7.90. The van der Waals surface area contributed by atoms with E-state index >= 15 is 0 Å². The molecule has 1 aliphatic heterocycles. The second kappa shape index (κ2) is 9.24. The minimum Gasteiger partial charge on any atom is -0.354 e. The standard InChI is InChI=1S/C27H30N4O2S/c1-21(2)22-10-12-24(13-11-22)34(32,33)31-20-23(25-7-3-4-8-26(25)31)19-29-15-17-30(18-16-29)27-9-5-6-14-28-27/h3-14,20-21H,15-19H2,1-2H3. The second-order valence-corrected chi connectivity index (χ2v) is 11.0. The van der Waals surface area contributed by atoms with Crippen LogP contribution in [0.15, 0.2) is 84.0 Å². The molecule has 0 saturated carbocycles. The molecule has 5 rings (SSSR count). The van der Waals surface area contributed by atoms with Crippen molar-refractivity contribution in [3.05, 3.63) is 90.3 Å². The summed E-state index contributed by atoms with van der Waals surface area (Å²) >= 11 is 0. The molecule has 1 fully saturated rings.